The molecule has 2 nitrogen and oxygen atoms in total. The maximum Gasteiger partial charge on any atom is 0.154 e. The van der Waals surface area contributed by atoms with Gasteiger partial charge in [0.25, 0.3) is 0 Å². The first kappa shape index (κ1) is 16.1. The molecule has 2 aromatic rings. The molecule has 0 saturated carbocycles. The lowest BCUT2D eigenvalue weighted by Gasteiger charge is -1.93. The highest BCUT2D eigenvalue weighted by Gasteiger charge is 1.83. The topological polar surface area (TPSA) is 18.5 Å². The summed E-state index contributed by atoms with van der Waals surface area (Å²) in [5, 5.41) is 0. The molecule has 18 heavy (non-hydrogen) atoms. The van der Waals surface area contributed by atoms with Crippen molar-refractivity contribution in [2.24, 2.45) is 0 Å². The SMILES string of the molecule is COc1ccccc1.F.S=COc1ccccc1. The van der Waals surface area contributed by atoms with Crippen molar-refractivity contribution >= 4 is 17.8 Å². The molecule has 0 saturated heterocycles. The highest BCUT2D eigenvalue weighted by molar-refractivity contribution is 7.78. The van der Waals surface area contributed by atoms with Gasteiger partial charge in [-0.25, -0.2) is 0 Å². The second-order valence-corrected chi connectivity index (χ2v) is 3.24. The zero-order valence-corrected chi connectivity index (χ0v) is 10.8. The Morgan fingerprint density at radius 3 is 1.61 bits per heavy atom. The summed E-state index contributed by atoms with van der Waals surface area (Å²) in [7, 11) is 1.66. The van der Waals surface area contributed by atoms with Crippen molar-refractivity contribution in [1.29, 1.82) is 0 Å². The van der Waals surface area contributed by atoms with Crippen LogP contribution in [-0.2, 0) is 0 Å². The highest BCUT2D eigenvalue weighted by Crippen LogP contribution is 2.06. The molecule has 0 bridgehead atoms. The van der Waals surface area contributed by atoms with E-state index in [9.17, 15) is 0 Å². The second-order valence-electron chi connectivity index (χ2n) is 3.04. The third-order valence-corrected chi connectivity index (χ3v) is 2.00. The zero-order valence-electron chi connectivity index (χ0n) is 9.98. The minimum atomic E-state index is 0. The van der Waals surface area contributed by atoms with Crippen molar-refractivity contribution in [1.82, 2.24) is 0 Å². The Labute approximate surface area is 112 Å². The van der Waals surface area contributed by atoms with E-state index in [2.05, 4.69) is 12.2 Å². The highest BCUT2D eigenvalue weighted by atomic mass is 32.1. The summed E-state index contributed by atoms with van der Waals surface area (Å²) in [5.41, 5.74) is 1.25. The van der Waals surface area contributed by atoms with Crippen LogP contribution in [0.4, 0.5) is 4.70 Å². The third-order valence-electron chi connectivity index (χ3n) is 1.91. The lowest BCUT2D eigenvalue weighted by Crippen LogP contribution is -1.83. The lowest BCUT2D eigenvalue weighted by molar-refractivity contribution is 0.415. The number of methoxy groups -OCH3 is 1. The van der Waals surface area contributed by atoms with Crippen LogP contribution < -0.4 is 9.47 Å². The number of para-hydroxylation sites is 2. The van der Waals surface area contributed by atoms with Gasteiger partial charge in [-0.15, -0.1) is 0 Å². The average molecular weight is 266 g/mol. The second kappa shape index (κ2) is 10.2. The molecule has 2 aromatic carbocycles. The van der Waals surface area contributed by atoms with Crippen molar-refractivity contribution in [2.75, 3.05) is 7.11 Å². The van der Waals surface area contributed by atoms with Crippen molar-refractivity contribution in [3.63, 3.8) is 0 Å². The third kappa shape index (κ3) is 6.60. The fourth-order valence-corrected chi connectivity index (χ4v) is 1.22. The molecule has 0 aromatic heterocycles. The van der Waals surface area contributed by atoms with Gasteiger partial charge in [-0.2, -0.15) is 0 Å². The molecule has 0 aliphatic rings. The molecular formula is C14H15FO2S. The van der Waals surface area contributed by atoms with Crippen molar-refractivity contribution in [3.05, 3.63) is 60.7 Å². The van der Waals surface area contributed by atoms with E-state index in [1.165, 1.54) is 5.55 Å². The molecule has 0 aliphatic heterocycles. The summed E-state index contributed by atoms with van der Waals surface area (Å²) in [6.45, 7) is 0. The van der Waals surface area contributed by atoms with Gasteiger partial charge in [0.15, 0.2) is 5.55 Å². The van der Waals surface area contributed by atoms with Crippen LogP contribution >= 0.6 is 12.2 Å². The van der Waals surface area contributed by atoms with Crippen LogP contribution in [-0.4, -0.2) is 12.7 Å². The smallest absolute Gasteiger partial charge is 0.154 e. The maximum absolute atomic E-state index is 4.91. The van der Waals surface area contributed by atoms with Gasteiger partial charge < -0.3 is 9.47 Å². The quantitative estimate of drug-likeness (QED) is 0.786. The maximum atomic E-state index is 4.91. The zero-order chi connectivity index (χ0) is 12.3. The monoisotopic (exact) mass is 266 g/mol. The van der Waals surface area contributed by atoms with E-state index in [1.54, 1.807) is 7.11 Å². The van der Waals surface area contributed by atoms with Gasteiger partial charge in [0, 0.05) is 0 Å². The fourth-order valence-electron chi connectivity index (χ4n) is 1.11. The van der Waals surface area contributed by atoms with Gasteiger partial charge in [0.05, 0.1) is 7.11 Å². The van der Waals surface area contributed by atoms with E-state index in [-0.39, 0.29) is 4.70 Å². The molecule has 0 radical (unpaired) electrons. The van der Waals surface area contributed by atoms with E-state index in [0.717, 1.165) is 11.5 Å². The number of hydrogen-bond acceptors (Lipinski definition) is 3. The van der Waals surface area contributed by atoms with E-state index >= 15 is 0 Å². The van der Waals surface area contributed by atoms with Crippen molar-refractivity contribution in [3.8, 4) is 11.5 Å². The molecule has 0 heterocycles. The molecule has 0 unspecified atom stereocenters. The van der Waals surface area contributed by atoms with Crippen LogP contribution in [0.5, 0.6) is 11.5 Å². The Bertz CT molecular complexity index is 420. The first-order chi connectivity index (χ1) is 8.36. The minimum Gasteiger partial charge on any atom is -0.497 e. The summed E-state index contributed by atoms with van der Waals surface area (Å²) in [6.07, 6.45) is 0. The van der Waals surface area contributed by atoms with Crippen LogP contribution in [0.15, 0.2) is 60.7 Å². The van der Waals surface area contributed by atoms with E-state index in [0.29, 0.717) is 0 Å². The van der Waals surface area contributed by atoms with E-state index < -0.39 is 0 Å². The molecule has 0 fully saturated rings. The van der Waals surface area contributed by atoms with Crippen molar-refractivity contribution in [2.45, 2.75) is 0 Å². The minimum absolute atomic E-state index is 0. The van der Waals surface area contributed by atoms with Gasteiger partial charge in [0.1, 0.15) is 11.5 Å². The van der Waals surface area contributed by atoms with Gasteiger partial charge in [-0.1, -0.05) is 36.4 Å². The summed E-state index contributed by atoms with van der Waals surface area (Å²) in [5.74, 6) is 1.69. The summed E-state index contributed by atoms with van der Waals surface area (Å²) >= 11 is 4.49. The number of ether oxygens (including phenoxy) is 2. The predicted octanol–water partition coefficient (Wildman–Crippen LogP) is 3.87. The Kier molecular flexibility index (Phi) is 9.13. The number of benzene rings is 2. The first-order valence-electron chi connectivity index (χ1n) is 5.11. The van der Waals surface area contributed by atoms with Crippen LogP contribution in [0.1, 0.15) is 0 Å². The fraction of sp³-hybridized carbons (Fsp3) is 0.0714. The number of rotatable bonds is 3. The lowest BCUT2D eigenvalue weighted by atomic mass is 10.3. The average Bonchev–Trinajstić information content (AvgIpc) is 2.42. The van der Waals surface area contributed by atoms with Crippen LogP contribution in [0.25, 0.3) is 0 Å². The molecule has 0 spiro atoms. The number of thiocarbonyl (C=S) groups is 1. The van der Waals surface area contributed by atoms with Gasteiger partial charge in [-0.3, -0.25) is 4.70 Å². The molecule has 2 rings (SSSR count). The largest absolute Gasteiger partial charge is 0.497 e. The summed E-state index contributed by atoms with van der Waals surface area (Å²) < 4.78 is 9.81. The van der Waals surface area contributed by atoms with Crippen LogP contribution in [0, 0.1) is 0 Å². The van der Waals surface area contributed by atoms with Gasteiger partial charge in [0.2, 0.25) is 0 Å². The number of halogens is 1. The van der Waals surface area contributed by atoms with Crippen molar-refractivity contribution < 1.29 is 14.2 Å². The molecular weight excluding hydrogens is 251 g/mol. The Morgan fingerprint density at radius 2 is 1.28 bits per heavy atom. The molecule has 4 heteroatoms. The summed E-state index contributed by atoms with van der Waals surface area (Å²) in [4.78, 5) is 0. The predicted molar refractivity (Wildman–Crippen MR) is 76.2 cm³/mol. The standard InChI is InChI=1S/C7H6OS.C7H8O.FH/c9-6-8-7-4-2-1-3-5-7;1-8-7-5-3-2-4-6-7;/h1-6H;2-6H,1H3;1H. The molecule has 96 valence electrons. The molecule has 0 atom stereocenters. The Hall–Kier alpha value is -1.94. The Morgan fingerprint density at radius 1 is 0.833 bits per heavy atom. The molecule has 0 amide bonds. The van der Waals surface area contributed by atoms with Crippen LogP contribution in [0.3, 0.4) is 0 Å². The van der Waals surface area contributed by atoms with Gasteiger partial charge in [-0.05, 0) is 36.5 Å². The molecule has 0 aliphatic carbocycles. The van der Waals surface area contributed by atoms with E-state index in [4.69, 9.17) is 9.47 Å². The molecule has 0 N–H and O–H groups in total. The van der Waals surface area contributed by atoms with Crippen LogP contribution in [0.2, 0.25) is 0 Å². The Balaban J connectivity index is 0.000000306. The number of hydrogen-bond donors (Lipinski definition) is 0. The van der Waals surface area contributed by atoms with Gasteiger partial charge >= 0.3 is 0 Å². The first-order valence-corrected chi connectivity index (χ1v) is 5.58. The normalized spacial score (nSPS) is 8.06. The summed E-state index contributed by atoms with van der Waals surface area (Å²) in [6, 6.07) is 19.1. The van der Waals surface area contributed by atoms with E-state index in [1.807, 2.05) is 60.7 Å².